The van der Waals surface area contributed by atoms with E-state index in [1.807, 2.05) is 0 Å². The number of allylic oxidation sites excluding steroid dienone is 8. The summed E-state index contributed by atoms with van der Waals surface area (Å²) in [5.41, 5.74) is 2.97. The fourth-order valence-electron chi connectivity index (χ4n) is 5.16. The number of rotatable bonds is 12. The Bertz CT molecular complexity index is 1140. The monoisotopic (exact) mass is 666 g/mol. The first-order valence-electron chi connectivity index (χ1n) is 14.9. The summed E-state index contributed by atoms with van der Waals surface area (Å²) in [5.74, 6) is 0.817. The average Bonchev–Trinajstić information content (AvgIpc) is 3.57. The Balaban J connectivity index is 0.000000247. The molecule has 0 saturated heterocycles. The Morgan fingerprint density at radius 2 is 0.930 bits per heavy atom. The molecule has 2 aromatic rings. The van der Waals surface area contributed by atoms with Crippen LogP contribution in [0.2, 0.25) is 6.25 Å². The van der Waals surface area contributed by atoms with Crippen LogP contribution < -0.4 is 29.2 Å². The molecule has 2 aliphatic rings. The molecule has 0 N–H and O–H groups in total. The Morgan fingerprint density at radius 3 is 1.16 bits per heavy atom. The van der Waals surface area contributed by atoms with Crippen molar-refractivity contribution >= 4 is 0 Å². The average molecular weight is 668 g/mol. The molecular formula is C36H48O6Zr. The summed E-state index contributed by atoms with van der Waals surface area (Å²) >= 11 is -0.623. The molecule has 0 heterocycles. The summed E-state index contributed by atoms with van der Waals surface area (Å²) in [6.45, 7) is 9.18. The van der Waals surface area contributed by atoms with Crippen LogP contribution in [-0.2, 0) is 23.2 Å². The summed E-state index contributed by atoms with van der Waals surface area (Å²) in [5, 5.41) is 22.4. The first-order chi connectivity index (χ1) is 20.6. The van der Waals surface area contributed by atoms with Gasteiger partial charge in [0.05, 0.1) is 28.4 Å². The SMILES string of the molecule is CCCC[C]1([Zr+2][C]2(CCCC)C=CC(C)=C2)C=CC(C)=C1.COc1cccc(OC)c1[O-].COc1cccc(OC)c1[O-]. The third-order valence-corrected chi connectivity index (χ3v) is 12.4. The number of unbranched alkanes of at least 4 members (excludes halogenated alkanes) is 2. The fraction of sp³-hybridized carbons (Fsp3) is 0.444. The molecule has 2 atom stereocenters. The molecule has 0 bridgehead atoms. The second-order valence-electron chi connectivity index (χ2n) is 10.8. The molecule has 7 heteroatoms. The van der Waals surface area contributed by atoms with Crippen molar-refractivity contribution in [2.75, 3.05) is 28.4 Å². The van der Waals surface area contributed by atoms with Crippen molar-refractivity contribution in [3.8, 4) is 34.5 Å². The Hall–Kier alpha value is -2.92. The zero-order chi connectivity index (χ0) is 31.9. The molecule has 43 heavy (non-hydrogen) atoms. The Labute approximate surface area is 270 Å². The van der Waals surface area contributed by atoms with Crippen LogP contribution in [0.3, 0.4) is 0 Å². The quantitative estimate of drug-likeness (QED) is 0.226. The van der Waals surface area contributed by atoms with Gasteiger partial charge in [-0.1, -0.05) is 12.1 Å². The van der Waals surface area contributed by atoms with Gasteiger partial charge in [0.15, 0.2) is 0 Å². The van der Waals surface area contributed by atoms with Crippen molar-refractivity contribution < 1.29 is 52.4 Å². The second kappa shape index (κ2) is 18.0. The molecule has 2 aromatic carbocycles. The van der Waals surface area contributed by atoms with Crippen molar-refractivity contribution in [2.24, 2.45) is 0 Å². The van der Waals surface area contributed by atoms with E-state index >= 15 is 0 Å². The molecule has 0 aliphatic heterocycles. The Kier molecular flexibility index (Phi) is 15.2. The van der Waals surface area contributed by atoms with Crippen LogP contribution in [0, 0.1) is 0 Å². The molecule has 0 radical (unpaired) electrons. The van der Waals surface area contributed by atoms with E-state index in [1.54, 1.807) is 36.4 Å². The predicted molar refractivity (Wildman–Crippen MR) is 168 cm³/mol. The maximum atomic E-state index is 11.2. The molecule has 0 amide bonds. The van der Waals surface area contributed by atoms with Crippen LogP contribution in [0.25, 0.3) is 0 Å². The van der Waals surface area contributed by atoms with Crippen molar-refractivity contribution in [3.63, 3.8) is 0 Å². The van der Waals surface area contributed by atoms with E-state index in [1.165, 1.54) is 78.1 Å². The molecule has 0 spiro atoms. The van der Waals surface area contributed by atoms with Crippen molar-refractivity contribution in [1.82, 2.24) is 0 Å². The standard InChI is InChI=1S/2C10H15.2C8H10O3.Zr/c2*1-3-4-5-10-7-6-9(2)8-10;2*1-10-6-4-3-5-7(11-2)8(6)9;/h2*6-8H,3-5H2,1-2H3;2*3-5,9H,1-2H3;/q;;;;+2/p-2. The van der Waals surface area contributed by atoms with E-state index in [9.17, 15) is 10.2 Å². The zero-order valence-electron chi connectivity index (χ0n) is 27.1. The van der Waals surface area contributed by atoms with E-state index in [4.69, 9.17) is 18.9 Å². The van der Waals surface area contributed by atoms with Gasteiger partial charge >= 0.3 is 143 Å². The largest absolute Gasteiger partial charge is 0.867 e. The minimum Gasteiger partial charge on any atom is -0.867 e. The molecule has 0 fully saturated rings. The van der Waals surface area contributed by atoms with Crippen molar-refractivity contribution in [1.29, 1.82) is 0 Å². The van der Waals surface area contributed by atoms with Gasteiger partial charge in [0.25, 0.3) is 0 Å². The molecule has 2 aliphatic carbocycles. The first-order valence-corrected chi connectivity index (χ1v) is 17.4. The smallest absolute Gasteiger partial charge is 0.114 e. The van der Waals surface area contributed by atoms with E-state index in [2.05, 4.69) is 64.2 Å². The molecule has 4 rings (SSSR count). The normalized spacial score (nSPS) is 19.6. The number of ether oxygens (including phenoxy) is 4. The van der Waals surface area contributed by atoms with Gasteiger partial charge in [-0.25, -0.2) is 0 Å². The third-order valence-electron chi connectivity index (χ3n) is 7.38. The van der Waals surface area contributed by atoms with Gasteiger partial charge in [0.2, 0.25) is 0 Å². The van der Waals surface area contributed by atoms with E-state index in [0.717, 1.165) is 0 Å². The summed E-state index contributed by atoms with van der Waals surface area (Å²) in [7, 11) is 5.82. The number of hydrogen-bond donors (Lipinski definition) is 0. The molecular weight excluding hydrogens is 620 g/mol. The second-order valence-corrected chi connectivity index (χ2v) is 16.0. The van der Waals surface area contributed by atoms with Crippen LogP contribution in [0.4, 0.5) is 0 Å². The van der Waals surface area contributed by atoms with Gasteiger partial charge in [-0.2, -0.15) is 0 Å². The van der Waals surface area contributed by atoms with Gasteiger partial charge < -0.3 is 29.2 Å². The summed E-state index contributed by atoms with van der Waals surface area (Å²) in [6.07, 6.45) is 23.2. The number of benzene rings is 2. The van der Waals surface area contributed by atoms with E-state index in [0.29, 0.717) is 29.2 Å². The molecule has 6 nitrogen and oxygen atoms in total. The minimum absolute atomic E-state index is 0.211. The first kappa shape index (κ1) is 36.3. The van der Waals surface area contributed by atoms with E-state index in [-0.39, 0.29) is 11.5 Å². The summed E-state index contributed by atoms with van der Waals surface area (Å²) in [6, 6.07) is 9.82. The fourth-order valence-corrected chi connectivity index (χ4v) is 11.1. The van der Waals surface area contributed by atoms with Crippen LogP contribution in [0.1, 0.15) is 66.2 Å². The molecule has 2 unspecified atom stereocenters. The topological polar surface area (TPSA) is 83.0 Å². The summed E-state index contributed by atoms with van der Waals surface area (Å²) < 4.78 is 20.1. The number of methoxy groups -OCH3 is 4. The maximum Gasteiger partial charge on any atom is 0.114 e. The summed E-state index contributed by atoms with van der Waals surface area (Å²) in [4.78, 5) is 0. The zero-order valence-corrected chi connectivity index (χ0v) is 29.6. The number of hydrogen-bond acceptors (Lipinski definition) is 6. The van der Waals surface area contributed by atoms with Crippen molar-refractivity contribution in [3.05, 3.63) is 84.0 Å². The van der Waals surface area contributed by atoms with Gasteiger partial charge in [0.1, 0.15) is 23.0 Å². The van der Waals surface area contributed by atoms with E-state index < -0.39 is 23.2 Å². The van der Waals surface area contributed by atoms with Crippen LogP contribution in [0.15, 0.2) is 84.0 Å². The van der Waals surface area contributed by atoms with Gasteiger partial charge in [-0.05, 0) is 35.8 Å². The van der Waals surface area contributed by atoms with Crippen LogP contribution >= 0.6 is 0 Å². The number of para-hydroxylation sites is 2. The Morgan fingerprint density at radius 1 is 0.605 bits per heavy atom. The molecule has 0 saturated carbocycles. The van der Waals surface area contributed by atoms with Gasteiger partial charge in [-0.15, -0.1) is 0 Å². The van der Waals surface area contributed by atoms with Crippen LogP contribution in [-0.4, -0.2) is 28.4 Å². The predicted octanol–water partition coefficient (Wildman–Crippen LogP) is 8.35. The third kappa shape index (κ3) is 10.6. The van der Waals surface area contributed by atoms with Crippen LogP contribution in [0.5, 0.6) is 34.5 Å². The molecule has 232 valence electrons. The van der Waals surface area contributed by atoms with Gasteiger partial charge in [-0.3, -0.25) is 0 Å². The van der Waals surface area contributed by atoms with Crippen molar-refractivity contribution in [2.45, 2.75) is 72.5 Å². The van der Waals surface area contributed by atoms with Gasteiger partial charge in [0, 0.05) is 0 Å². The molecule has 0 aromatic heterocycles. The minimum atomic E-state index is -0.623. The maximum absolute atomic E-state index is 11.2.